The van der Waals surface area contributed by atoms with Gasteiger partial charge in [-0.25, -0.2) is 4.79 Å². The summed E-state index contributed by atoms with van der Waals surface area (Å²) >= 11 is 0. The minimum Gasteiger partial charge on any atom is -0.482 e. The Hall–Kier alpha value is -2.37. The molecule has 0 aliphatic carbocycles. The first-order valence-corrected chi connectivity index (χ1v) is 11.3. The summed E-state index contributed by atoms with van der Waals surface area (Å²) in [7, 11) is 0. The largest absolute Gasteiger partial charge is 0.482 e. The maximum absolute atomic E-state index is 12.0. The Bertz CT molecular complexity index is 659. The molecule has 6 heteroatoms. The molecule has 0 aromatic heterocycles. The van der Waals surface area contributed by atoms with Crippen molar-refractivity contribution in [3.63, 3.8) is 0 Å². The van der Waals surface area contributed by atoms with E-state index in [9.17, 15) is 9.59 Å². The van der Waals surface area contributed by atoms with Gasteiger partial charge in [0.05, 0.1) is 11.8 Å². The monoisotopic (exact) mass is 417 g/mol. The third-order valence-electron chi connectivity index (χ3n) is 5.14. The van der Waals surface area contributed by atoms with Gasteiger partial charge in [-0.2, -0.15) is 0 Å². The average molecular weight is 418 g/mol. The molecule has 1 atom stereocenters. The van der Waals surface area contributed by atoms with Gasteiger partial charge in [0.2, 0.25) is 0 Å². The molecule has 2 rings (SSSR count). The SMILES string of the molecule is CC1CC/C(=N/OC(=O)COc2ccccc2)CCCCCCCCCCC(=O)O1. The van der Waals surface area contributed by atoms with Crippen molar-refractivity contribution in [3.05, 3.63) is 30.3 Å². The van der Waals surface area contributed by atoms with Crippen LogP contribution in [0.2, 0.25) is 0 Å². The smallest absolute Gasteiger partial charge is 0.372 e. The normalized spacial score (nSPS) is 21.6. The molecule has 0 saturated carbocycles. The van der Waals surface area contributed by atoms with Crippen molar-refractivity contribution in [3.8, 4) is 5.75 Å². The van der Waals surface area contributed by atoms with Crippen LogP contribution in [0.5, 0.6) is 5.75 Å². The van der Waals surface area contributed by atoms with Crippen LogP contribution >= 0.6 is 0 Å². The Morgan fingerprint density at radius 1 is 0.967 bits per heavy atom. The molecule has 1 heterocycles. The molecule has 0 amide bonds. The molecule has 0 bridgehead atoms. The average Bonchev–Trinajstić information content (AvgIpc) is 2.74. The molecule has 1 aliphatic rings. The summed E-state index contributed by atoms with van der Waals surface area (Å²) in [5.41, 5.74) is 0.832. The Kier molecular flexibility index (Phi) is 11.6. The fourth-order valence-electron chi connectivity index (χ4n) is 3.39. The van der Waals surface area contributed by atoms with Gasteiger partial charge < -0.3 is 14.3 Å². The predicted molar refractivity (Wildman–Crippen MR) is 116 cm³/mol. The van der Waals surface area contributed by atoms with Gasteiger partial charge in [0.1, 0.15) is 5.75 Å². The maximum atomic E-state index is 12.0. The first kappa shape index (κ1) is 23.9. The van der Waals surface area contributed by atoms with Gasteiger partial charge >= 0.3 is 11.9 Å². The molecule has 0 N–H and O–H groups in total. The van der Waals surface area contributed by atoms with Crippen molar-refractivity contribution < 1.29 is 23.9 Å². The number of ether oxygens (including phenoxy) is 2. The highest BCUT2D eigenvalue weighted by Gasteiger charge is 2.13. The molecular weight excluding hydrogens is 382 g/mol. The van der Waals surface area contributed by atoms with Gasteiger partial charge in [-0.05, 0) is 51.2 Å². The second-order valence-electron chi connectivity index (χ2n) is 7.89. The number of para-hydroxylation sites is 1. The Labute approximate surface area is 180 Å². The van der Waals surface area contributed by atoms with Crippen LogP contribution in [0, 0.1) is 0 Å². The third kappa shape index (κ3) is 11.0. The van der Waals surface area contributed by atoms with Crippen LogP contribution < -0.4 is 4.74 Å². The number of oxime groups is 1. The molecular formula is C24H35NO5. The molecule has 1 fully saturated rings. The molecule has 1 unspecified atom stereocenters. The lowest BCUT2D eigenvalue weighted by molar-refractivity contribution is -0.148. The number of hydrogen-bond donors (Lipinski definition) is 0. The number of carbonyl (C=O) groups excluding carboxylic acids is 2. The molecule has 1 aromatic rings. The fraction of sp³-hybridized carbons (Fsp3) is 0.625. The van der Waals surface area contributed by atoms with Crippen molar-refractivity contribution >= 4 is 17.7 Å². The van der Waals surface area contributed by atoms with Gasteiger partial charge in [0.25, 0.3) is 0 Å². The van der Waals surface area contributed by atoms with Gasteiger partial charge in [-0.1, -0.05) is 61.9 Å². The highest BCUT2D eigenvalue weighted by molar-refractivity contribution is 5.85. The molecule has 6 nitrogen and oxygen atoms in total. The molecule has 1 aliphatic heterocycles. The number of hydrogen-bond acceptors (Lipinski definition) is 6. The number of cyclic esters (lactones) is 1. The second-order valence-corrected chi connectivity index (χ2v) is 7.89. The van der Waals surface area contributed by atoms with Crippen LogP contribution in [-0.4, -0.2) is 30.4 Å². The fourth-order valence-corrected chi connectivity index (χ4v) is 3.39. The molecule has 1 saturated heterocycles. The van der Waals surface area contributed by atoms with Gasteiger partial charge in [0.15, 0.2) is 6.61 Å². The van der Waals surface area contributed by atoms with E-state index in [1.54, 1.807) is 12.1 Å². The van der Waals surface area contributed by atoms with Crippen LogP contribution in [0.25, 0.3) is 0 Å². The van der Waals surface area contributed by atoms with E-state index in [0.717, 1.165) is 37.8 Å². The first-order chi connectivity index (χ1) is 14.6. The summed E-state index contributed by atoms with van der Waals surface area (Å²) in [6.07, 6.45) is 11.4. The topological polar surface area (TPSA) is 74.2 Å². The molecule has 0 radical (unpaired) electrons. The van der Waals surface area contributed by atoms with Crippen LogP contribution in [0.3, 0.4) is 0 Å². The molecule has 166 valence electrons. The predicted octanol–water partition coefficient (Wildman–Crippen LogP) is 5.59. The number of esters is 1. The number of carbonyl (C=O) groups is 2. The summed E-state index contributed by atoms with van der Waals surface area (Å²) < 4.78 is 10.9. The second kappa shape index (κ2) is 14.6. The summed E-state index contributed by atoms with van der Waals surface area (Å²) in [5.74, 6) is -0.0435. The third-order valence-corrected chi connectivity index (χ3v) is 5.14. The van der Waals surface area contributed by atoms with E-state index < -0.39 is 5.97 Å². The maximum Gasteiger partial charge on any atom is 0.372 e. The zero-order valence-corrected chi connectivity index (χ0v) is 18.1. The van der Waals surface area contributed by atoms with Crippen molar-refractivity contribution in [1.29, 1.82) is 0 Å². The Morgan fingerprint density at radius 3 is 2.30 bits per heavy atom. The lowest BCUT2D eigenvalue weighted by Gasteiger charge is -2.14. The van der Waals surface area contributed by atoms with Gasteiger partial charge in [-0.15, -0.1) is 0 Å². The van der Waals surface area contributed by atoms with Crippen molar-refractivity contribution in [2.45, 2.75) is 90.1 Å². The number of nitrogens with zero attached hydrogens (tertiary/aromatic N) is 1. The van der Waals surface area contributed by atoms with E-state index in [1.165, 1.54) is 25.7 Å². The van der Waals surface area contributed by atoms with E-state index in [1.807, 2.05) is 25.1 Å². The Balaban J connectivity index is 1.84. The lowest BCUT2D eigenvalue weighted by atomic mass is 10.0. The highest BCUT2D eigenvalue weighted by Crippen LogP contribution is 2.15. The van der Waals surface area contributed by atoms with Gasteiger partial charge in [0, 0.05) is 6.42 Å². The number of benzene rings is 1. The van der Waals surface area contributed by atoms with Crippen molar-refractivity contribution in [2.24, 2.45) is 5.16 Å². The van der Waals surface area contributed by atoms with E-state index in [4.69, 9.17) is 14.3 Å². The zero-order valence-electron chi connectivity index (χ0n) is 18.1. The molecule has 0 spiro atoms. The summed E-state index contributed by atoms with van der Waals surface area (Å²) in [6, 6.07) is 9.13. The number of rotatable bonds is 4. The Morgan fingerprint density at radius 2 is 1.60 bits per heavy atom. The van der Waals surface area contributed by atoms with Crippen LogP contribution in [0.15, 0.2) is 35.5 Å². The molecule has 1 aromatic carbocycles. The van der Waals surface area contributed by atoms with Crippen LogP contribution in [0.4, 0.5) is 0 Å². The van der Waals surface area contributed by atoms with Crippen LogP contribution in [0.1, 0.15) is 84.0 Å². The quantitative estimate of drug-likeness (QED) is 0.363. The minimum atomic E-state index is -0.530. The van der Waals surface area contributed by atoms with Gasteiger partial charge in [-0.3, -0.25) is 4.79 Å². The summed E-state index contributed by atoms with van der Waals surface area (Å²) in [5, 5.41) is 4.10. The van der Waals surface area contributed by atoms with Crippen molar-refractivity contribution in [1.82, 2.24) is 0 Å². The molecule has 30 heavy (non-hydrogen) atoms. The van der Waals surface area contributed by atoms with E-state index in [-0.39, 0.29) is 18.7 Å². The standard InChI is InChI=1S/C24H35NO5/c1-20-17-18-21(25-30-24(27)19-28-22-14-10-8-11-15-22)13-9-6-4-2-3-5-7-12-16-23(26)29-20/h8,10-11,14-15,20H,2-7,9,12-13,16-19H2,1H3/b25-21+. The van der Waals surface area contributed by atoms with E-state index in [2.05, 4.69) is 5.16 Å². The minimum absolute atomic E-state index is 0.127. The van der Waals surface area contributed by atoms with Crippen molar-refractivity contribution in [2.75, 3.05) is 6.61 Å². The van der Waals surface area contributed by atoms with E-state index in [0.29, 0.717) is 25.0 Å². The lowest BCUT2D eigenvalue weighted by Crippen LogP contribution is -2.17. The zero-order chi connectivity index (χ0) is 21.4. The highest BCUT2D eigenvalue weighted by atomic mass is 16.7. The summed E-state index contributed by atoms with van der Waals surface area (Å²) in [4.78, 5) is 29.0. The van der Waals surface area contributed by atoms with Crippen LogP contribution in [-0.2, 0) is 19.2 Å². The summed E-state index contributed by atoms with van der Waals surface area (Å²) in [6.45, 7) is 1.72. The van der Waals surface area contributed by atoms with E-state index >= 15 is 0 Å². The first-order valence-electron chi connectivity index (χ1n) is 11.3.